The van der Waals surface area contributed by atoms with Gasteiger partial charge in [0.25, 0.3) is 5.79 Å². The van der Waals surface area contributed by atoms with Crippen LogP contribution >= 0.6 is 0 Å². The molecule has 25 atom stereocenters. The maximum atomic E-state index is 13.7. The van der Waals surface area contributed by atoms with Gasteiger partial charge in [-0.15, -0.1) is 0 Å². The molecule has 4 aliphatic heterocycles. The first-order valence-electron chi connectivity index (χ1n) is 23.6. The van der Waals surface area contributed by atoms with Crippen molar-refractivity contribution in [1.29, 1.82) is 0 Å². The summed E-state index contributed by atoms with van der Waals surface area (Å²) in [5.74, 6) is -1.75. The first kappa shape index (κ1) is 49.7. The quantitative estimate of drug-likeness (QED) is 0.0998. The molecule has 7 fully saturated rings. The summed E-state index contributed by atoms with van der Waals surface area (Å²) in [4.78, 5) is 27.2. The minimum Gasteiger partial charge on any atom is -0.458 e. The second-order valence-corrected chi connectivity index (χ2v) is 20.9. The van der Waals surface area contributed by atoms with Gasteiger partial charge in [-0.1, -0.05) is 32.4 Å². The predicted octanol–water partition coefficient (Wildman–Crippen LogP) is -0.0361. The predicted molar refractivity (Wildman–Crippen MR) is 222 cm³/mol. The van der Waals surface area contributed by atoms with E-state index in [4.69, 9.17) is 42.6 Å². The van der Waals surface area contributed by atoms with Crippen LogP contribution in [0.4, 0.5) is 0 Å². The number of methoxy groups -OCH3 is 1. The lowest BCUT2D eigenvalue weighted by Crippen LogP contribution is -2.66. The molecule has 65 heavy (non-hydrogen) atoms. The van der Waals surface area contributed by atoms with E-state index in [0.29, 0.717) is 32.3 Å². The van der Waals surface area contributed by atoms with Gasteiger partial charge in [0, 0.05) is 13.5 Å². The van der Waals surface area contributed by atoms with Gasteiger partial charge in [0.05, 0.1) is 37.4 Å². The number of esters is 1. The Morgan fingerprint density at radius 3 is 1.97 bits per heavy atom. The van der Waals surface area contributed by atoms with E-state index in [1.165, 1.54) is 26.5 Å². The Balaban J connectivity index is 0.999. The number of fused-ring (bicyclic) bond motifs is 5. The molecule has 8 aliphatic rings. The fraction of sp³-hybridized carbons (Fsp3) is 0.913. The monoisotopic (exact) mass is 928 g/mol. The number of allylic oxidation sites excluding steroid dienone is 1. The van der Waals surface area contributed by atoms with E-state index < -0.39 is 129 Å². The Kier molecular flexibility index (Phi) is 14.4. The van der Waals surface area contributed by atoms with Gasteiger partial charge in [-0.3, -0.25) is 4.79 Å². The highest BCUT2D eigenvalue weighted by atomic mass is 16.8. The van der Waals surface area contributed by atoms with Gasteiger partial charge in [-0.05, 0) is 100 Å². The molecule has 0 aromatic carbocycles. The van der Waals surface area contributed by atoms with Gasteiger partial charge in [0.1, 0.15) is 72.9 Å². The van der Waals surface area contributed by atoms with Crippen LogP contribution in [0.3, 0.4) is 0 Å². The van der Waals surface area contributed by atoms with E-state index in [9.17, 15) is 50.4 Å². The molecule has 19 nitrogen and oxygen atoms in total. The van der Waals surface area contributed by atoms with Gasteiger partial charge in [0.15, 0.2) is 18.9 Å². The van der Waals surface area contributed by atoms with Gasteiger partial charge in [0.2, 0.25) is 0 Å². The summed E-state index contributed by atoms with van der Waals surface area (Å²) in [6.45, 7) is 10.7. The summed E-state index contributed by atoms with van der Waals surface area (Å²) in [6.07, 6.45) is -15.7. The van der Waals surface area contributed by atoms with Crippen LogP contribution in [-0.4, -0.2) is 183 Å². The number of carbonyl (C=O) groups excluding carboxylic acids is 2. The smallest absolute Gasteiger partial charge is 0.367 e. The normalized spacial score (nSPS) is 53.4. The first-order valence-corrected chi connectivity index (χ1v) is 23.6. The van der Waals surface area contributed by atoms with E-state index in [2.05, 4.69) is 19.9 Å². The topological polar surface area (TPSA) is 279 Å². The van der Waals surface area contributed by atoms with Gasteiger partial charge < -0.3 is 83.5 Å². The fourth-order valence-corrected chi connectivity index (χ4v) is 13.2. The van der Waals surface area contributed by atoms with Crippen LogP contribution in [-0.2, 0) is 52.2 Å². The number of ketones is 1. The minimum atomic E-state index is -1.75. The second kappa shape index (κ2) is 18.9. The Bertz CT molecular complexity index is 1750. The van der Waals surface area contributed by atoms with Crippen LogP contribution in [0.15, 0.2) is 11.6 Å². The summed E-state index contributed by atoms with van der Waals surface area (Å²) in [5, 5.41) is 85.9. The largest absolute Gasteiger partial charge is 0.458 e. The molecule has 0 spiro atoms. The number of aliphatic hydroxyl groups excluding tert-OH is 8. The van der Waals surface area contributed by atoms with Crippen LogP contribution in [0.1, 0.15) is 92.9 Å². The lowest BCUT2D eigenvalue weighted by molar-refractivity contribution is -0.388. The van der Waals surface area contributed by atoms with Gasteiger partial charge in [-0.25, -0.2) is 4.79 Å². The third kappa shape index (κ3) is 8.69. The number of aliphatic hydroxyl groups is 8. The van der Waals surface area contributed by atoms with Crippen LogP contribution in [0.5, 0.6) is 0 Å². The summed E-state index contributed by atoms with van der Waals surface area (Å²) < 4.78 is 54.1. The molecule has 8 N–H and O–H groups in total. The molecule has 3 saturated carbocycles. The number of hydrogen-bond acceptors (Lipinski definition) is 19. The molecule has 0 amide bonds. The molecule has 0 aromatic rings. The molecule has 19 heteroatoms. The SMILES string of the molecule is CO[C@]1(C(=O)O[C@H]2C[C@@H]3[C@H]4CC=C5C[C@H](O[C@H]6O[C@@H](CO)[C@H](O[C@H]7O[C@@H](C)[C@H](O)[C@@H](O)[C@@H]7O)[C@@H](O)[C@@H]6O[C@H]6O[C@@H](C)[C@H](O)[C@@H](O)[C@@H]6O)CC[C@]5(C)[C@H]4CC[C@@]3(C)[C@@H]2C(C)=O)C[C@@H](C)CO1. The van der Waals surface area contributed by atoms with Crippen LogP contribution in [0.2, 0.25) is 0 Å². The number of hydrogen-bond donors (Lipinski definition) is 8. The van der Waals surface area contributed by atoms with E-state index >= 15 is 0 Å². The van der Waals surface area contributed by atoms with Crippen molar-refractivity contribution >= 4 is 11.8 Å². The Labute approximate surface area is 379 Å². The van der Waals surface area contributed by atoms with E-state index in [-0.39, 0.29) is 40.3 Å². The number of ether oxygens (including phenoxy) is 9. The third-order valence-electron chi connectivity index (χ3n) is 16.9. The fourth-order valence-electron chi connectivity index (χ4n) is 13.2. The molecule has 0 unspecified atom stereocenters. The average Bonchev–Trinajstić information content (AvgIpc) is 3.81. The highest BCUT2D eigenvalue weighted by Gasteiger charge is 2.64. The number of carbonyl (C=O) groups is 2. The summed E-state index contributed by atoms with van der Waals surface area (Å²) in [6, 6.07) is 0. The number of rotatable bonds is 11. The molecular formula is C46H72O19. The zero-order valence-corrected chi connectivity index (χ0v) is 38.4. The molecule has 8 rings (SSSR count). The van der Waals surface area contributed by atoms with Crippen molar-refractivity contribution in [1.82, 2.24) is 0 Å². The maximum Gasteiger partial charge on any atom is 0.367 e. The third-order valence-corrected chi connectivity index (χ3v) is 16.9. The molecular weight excluding hydrogens is 856 g/mol. The van der Waals surface area contributed by atoms with Crippen molar-refractivity contribution in [3.05, 3.63) is 11.6 Å². The van der Waals surface area contributed by atoms with Crippen molar-refractivity contribution in [3.63, 3.8) is 0 Å². The Morgan fingerprint density at radius 2 is 1.40 bits per heavy atom. The van der Waals surface area contributed by atoms with E-state index in [1.54, 1.807) is 6.92 Å². The van der Waals surface area contributed by atoms with Crippen molar-refractivity contribution in [2.75, 3.05) is 20.3 Å². The van der Waals surface area contributed by atoms with Crippen molar-refractivity contribution in [3.8, 4) is 0 Å². The molecule has 0 bridgehead atoms. The van der Waals surface area contributed by atoms with Crippen molar-refractivity contribution in [2.24, 2.45) is 40.4 Å². The first-order chi connectivity index (χ1) is 30.7. The maximum absolute atomic E-state index is 13.7. The minimum absolute atomic E-state index is 0.00831. The van der Waals surface area contributed by atoms with Crippen molar-refractivity contribution in [2.45, 2.75) is 203 Å². The Hall–Kier alpha value is -1.76. The highest BCUT2D eigenvalue weighted by molar-refractivity contribution is 5.82. The molecule has 4 saturated heterocycles. The van der Waals surface area contributed by atoms with Gasteiger partial charge in [-0.2, -0.15) is 0 Å². The molecule has 370 valence electrons. The van der Waals surface area contributed by atoms with Gasteiger partial charge >= 0.3 is 5.97 Å². The number of Topliss-reactive ketones (excluding diaryl/α,β-unsaturated/α-hetero) is 1. The summed E-state index contributed by atoms with van der Waals surface area (Å²) in [5.41, 5.74) is 0.628. The zero-order chi connectivity index (χ0) is 47.1. The van der Waals surface area contributed by atoms with E-state index in [0.717, 1.165) is 25.7 Å². The van der Waals surface area contributed by atoms with Crippen LogP contribution in [0.25, 0.3) is 0 Å². The second-order valence-electron chi connectivity index (χ2n) is 20.9. The zero-order valence-electron chi connectivity index (χ0n) is 38.4. The van der Waals surface area contributed by atoms with Crippen LogP contribution < -0.4 is 0 Å². The molecule has 4 aliphatic carbocycles. The van der Waals surface area contributed by atoms with E-state index in [1.807, 2.05) is 6.92 Å². The molecule has 0 aromatic heterocycles. The lowest BCUT2D eigenvalue weighted by atomic mass is 9.47. The molecule has 4 heterocycles. The lowest BCUT2D eigenvalue weighted by Gasteiger charge is -2.58. The highest BCUT2D eigenvalue weighted by Crippen LogP contribution is 2.67. The average molecular weight is 929 g/mol. The standard InChI is InChI=1S/C46H72O19/c1-19-16-46(57-7,58-18-19)43(56)63-28-15-27-25-9-8-23-14-24(10-12-44(23,5)26(25)11-13-45(27,6)30(28)20(2)48)61-42-39(65-41-36(54)34(52)32(50)22(4)60-41)37(55)38(29(17-47)62-42)64-40-35(53)33(51)31(49)21(3)59-40/h8,19,21-22,24-42,47,49-55H,9-18H2,1-7H3/t19-,21+,22+,24-,25+,26+,27-,28+,29+,30-,31+,32+,33-,34-,35+,36+,37-,38+,39+,40-,41-,42+,44+,45-,46-/m1/s1. The summed E-state index contributed by atoms with van der Waals surface area (Å²) >= 11 is 0. The molecule has 0 radical (unpaired) electrons. The summed E-state index contributed by atoms with van der Waals surface area (Å²) in [7, 11) is 1.45. The van der Waals surface area contributed by atoms with Crippen molar-refractivity contribution < 1.29 is 93.1 Å². The van der Waals surface area contributed by atoms with Crippen LogP contribution in [0, 0.1) is 40.4 Å². The Morgan fingerprint density at radius 1 is 0.769 bits per heavy atom.